The zero-order valence-corrected chi connectivity index (χ0v) is 13.5. The molecule has 2 aromatic carbocycles. The Morgan fingerprint density at radius 3 is 2.83 bits per heavy atom. The minimum Gasteiger partial charge on any atom is -0.387 e. The molecule has 3 nitrogen and oxygen atoms in total. The fraction of sp³-hybridized carbons (Fsp3) is 0.211. The Bertz CT molecular complexity index is 786. The van der Waals surface area contributed by atoms with E-state index in [-0.39, 0.29) is 0 Å². The van der Waals surface area contributed by atoms with Crippen LogP contribution in [-0.2, 0) is 6.42 Å². The van der Waals surface area contributed by atoms with Gasteiger partial charge >= 0.3 is 0 Å². The predicted octanol–water partition coefficient (Wildman–Crippen LogP) is 3.75. The first-order valence-corrected chi connectivity index (χ1v) is 8.09. The number of pyridine rings is 1. The van der Waals surface area contributed by atoms with Gasteiger partial charge in [-0.2, -0.15) is 0 Å². The molecule has 0 saturated carbocycles. The molecule has 0 aliphatic rings. The Kier molecular flexibility index (Phi) is 5.23. The van der Waals surface area contributed by atoms with Gasteiger partial charge in [0.1, 0.15) is 0 Å². The van der Waals surface area contributed by atoms with Gasteiger partial charge in [-0.1, -0.05) is 41.9 Å². The molecule has 1 unspecified atom stereocenters. The predicted molar refractivity (Wildman–Crippen MR) is 94.7 cm³/mol. The zero-order chi connectivity index (χ0) is 16.1. The number of hydrogen-bond acceptors (Lipinski definition) is 3. The highest BCUT2D eigenvalue weighted by Crippen LogP contribution is 2.18. The van der Waals surface area contributed by atoms with E-state index in [9.17, 15) is 5.11 Å². The van der Waals surface area contributed by atoms with Crippen molar-refractivity contribution in [2.75, 3.05) is 13.1 Å². The first kappa shape index (κ1) is 15.9. The zero-order valence-electron chi connectivity index (χ0n) is 12.7. The number of nitrogens with zero attached hydrogens (tertiary/aromatic N) is 1. The summed E-state index contributed by atoms with van der Waals surface area (Å²) in [6, 6.07) is 17.5. The number of nitrogens with one attached hydrogen (secondary N) is 1. The standard InChI is InChI=1S/C19H19ClN2O/c20-16-5-3-4-15(12-16)19(23)13-21-10-8-14-9-11-22-18-7-2-1-6-17(14)18/h1-7,9,11-12,19,21,23H,8,10,13H2. The van der Waals surface area contributed by atoms with Crippen LogP contribution in [0.1, 0.15) is 17.2 Å². The largest absolute Gasteiger partial charge is 0.387 e. The Morgan fingerprint density at radius 1 is 1.09 bits per heavy atom. The van der Waals surface area contributed by atoms with Crippen molar-refractivity contribution in [3.05, 3.63) is 76.9 Å². The minimum atomic E-state index is -0.553. The number of para-hydroxylation sites is 1. The molecular weight excluding hydrogens is 308 g/mol. The molecule has 118 valence electrons. The van der Waals surface area contributed by atoms with Crippen molar-refractivity contribution < 1.29 is 5.11 Å². The molecule has 0 bridgehead atoms. The third-order valence-electron chi connectivity index (χ3n) is 3.88. The normalized spacial score (nSPS) is 12.4. The van der Waals surface area contributed by atoms with Gasteiger partial charge in [-0.25, -0.2) is 0 Å². The van der Waals surface area contributed by atoms with Crippen molar-refractivity contribution in [3.63, 3.8) is 0 Å². The molecule has 0 spiro atoms. The second kappa shape index (κ2) is 7.55. The van der Waals surface area contributed by atoms with Crippen molar-refractivity contribution in [1.82, 2.24) is 10.3 Å². The molecule has 1 heterocycles. The van der Waals surface area contributed by atoms with Crippen molar-refractivity contribution in [2.24, 2.45) is 0 Å². The third kappa shape index (κ3) is 4.08. The maximum atomic E-state index is 10.2. The lowest BCUT2D eigenvalue weighted by Crippen LogP contribution is -2.23. The maximum absolute atomic E-state index is 10.2. The summed E-state index contributed by atoms with van der Waals surface area (Å²) in [5, 5.41) is 15.3. The summed E-state index contributed by atoms with van der Waals surface area (Å²) in [5.41, 5.74) is 3.11. The monoisotopic (exact) mass is 326 g/mol. The summed E-state index contributed by atoms with van der Waals surface area (Å²) in [4.78, 5) is 4.37. The third-order valence-corrected chi connectivity index (χ3v) is 4.12. The molecule has 3 aromatic rings. The highest BCUT2D eigenvalue weighted by atomic mass is 35.5. The van der Waals surface area contributed by atoms with Gasteiger partial charge in [0, 0.05) is 23.2 Å². The maximum Gasteiger partial charge on any atom is 0.0914 e. The van der Waals surface area contributed by atoms with Crippen LogP contribution in [0.5, 0.6) is 0 Å². The molecule has 1 aromatic heterocycles. The summed E-state index contributed by atoms with van der Waals surface area (Å²) in [6.45, 7) is 1.30. The molecular formula is C19H19ClN2O. The van der Waals surface area contributed by atoms with Gasteiger partial charge in [-0.15, -0.1) is 0 Å². The van der Waals surface area contributed by atoms with Gasteiger partial charge in [0.05, 0.1) is 11.6 Å². The van der Waals surface area contributed by atoms with Gasteiger partial charge in [-0.05, 0) is 48.4 Å². The number of aliphatic hydroxyl groups excluding tert-OH is 1. The van der Waals surface area contributed by atoms with Crippen molar-refractivity contribution in [3.8, 4) is 0 Å². The van der Waals surface area contributed by atoms with Crippen molar-refractivity contribution in [1.29, 1.82) is 0 Å². The lowest BCUT2D eigenvalue weighted by atomic mass is 10.1. The second-order valence-corrected chi connectivity index (χ2v) is 5.95. The lowest BCUT2D eigenvalue weighted by Gasteiger charge is -2.13. The van der Waals surface area contributed by atoms with Gasteiger partial charge < -0.3 is 10.4 Å². The quantitative estimate of drug-likeness (QED) is 0.678. The highest BCUT2D eigenvalue weighted by Gasteiger charge is 2.07. The molecule has 23 heavy (non-hydrogen) atoms. The van der Waals surface area contributed by atoms with E-state index in [1.165, 1.54) is 10.9 Å². The molecule has 4 heteroatoms. The van der Waals surface area contributed by atoms with Crippen LogP contribution in [-0.4, -0.2) is 23.2 Å². The van der Waals surface area contributed by atoms with E-state index in [2.05, 4.69) is 22.4 Å². The Hall–Kier alpha value is -1.94. The van der Waals surface area contributed by atoms with Crippen LogP contribution in [0.15, 0.2) is 60.8 Å². The molecule has 0 radical (unpaired) electrons. The van der Waals surface area contributed by atoms with Crippen LogP contribution in [0.4, 0.5) is 0 Å². The molecule has 0 saturated heterocycles. The molecule has 3 rings (SSSR count). The molecule has 0 fully saturated rings. The van der Waals surface area contributed by atoms with Gasteiger partial charge in [0.2, 0.25) is 0 Å². The number of hydrogen-bond donors (Lipinski definition) is 2. The fourth-order valence-corrected chi connectivity index (χ4v) is 2.87. The lowest BCUT2D eigenvalue weighted by molar-refractivity contribution is 0.175. The van der Waals surface area contributed by atoms with Crippen LogP contribution in [0.3, 0.4) is 0 Å². The van der Waals surface area contributed by atoms with E-state index in [0.717, 1.165) is 24.0 Å². The van der Waals surface area contributed by atoms with Crippen LogP contribution < -0.4 is 5.32 Å². The summed E-state index contributed by atoms with van der Waals surface area (Å²) < 4.78 is 0. The topological polar surface area (TPSA) is 45.1 Å². The van der Waals surface area contributed by atoms with E-state index in [4.69, 9.17) is 11.6 Å². The second-order valence-electron chi connectivity index (χ2n) is 5.51. The summed E-state index contributed by atoms with van der Waals surface area (Å²) >= 11 is 5.95. The first-order valence-electron chi connectivity index (χ1n) is 7.71. The van der Waals surface area contributed by atoms with E-state index >= 15 is 0 Å². The van der Waals surface area contributed by atoms with Crippen LogP contribution in [0, 0.1) is 0 Å². The average Bonchev–Trinajstić information content (AvgIpc) is 2.58. The van der Waals surface area contributed by atoms with E-state index < -0.39 is 6.10 Å². The molecule has 0 aliphatic heterocycles. The van der Waals surface area contributed by atoms with Crippen molar-refractivity contribution >= 4 is 22.5 Å². The van der Waals surface area contributed by atoms with Crippen LogP contribution in [0.25, 0.3) is 10.9 Å². The van der Waals surface area contributed by atoms with Gasteiger partial charge in [0.25, 0.3) is 0 Å². The number of rotatable bonds is 6. The first-order chi connectivity index (χ1) is 11.2. The van der Waals surface area contributed by atoms with Crippen LogP contribution >= 0.6 is 11.6 Å². The fourth-order valence-electron chi connectivity index (χ4n) is 2.67. The van der Waals surface area contributed by atoms with E-state index in [1.807, 2.05) is 36.5 Å². The Labute approximate surface area is 140 Å². The van der Waals surface area contributed by atoms with Crippen molar-refractivity contribution in [2.45, 2.75) is 12.5 Å². The molecule has 1 atom stereocenters. The minimum absolute atomic E-state index is 0.503. The SMILES string of the molecule is OC(CNCCc1ccnc2ccccc12)c1cccc(Cl)c1. The van der Waals surface area contributed by atoms with E-state index in [1.54, 1.807) is 12.1 Å². The summed E-state index contributed by atoms with van der Waals surface area (Å²) in [5.74, 6) is 0. The highest BCUT2D eigenvalue weighted by molar-refractivity contribution is 6.30. The number of aromatic nitrogens is 1. The molecule has 2 N–H and O–H groups in total. The molecule has 0 aliphatic carbocycles. The van der Waals surface area contributed by atoms with Gasteiger partial charge in [-0.3, -0.25) is 4.98 Å². The van der Waals surface area contributed by atoms with Gasteiger partial charge in [0.15, 0.2) is 0 Å². The molecule has 0 amide bonds. The summed E-state index contributed by atoms with van der Waals surface area (Å²) in [6.07, 6.45) is 2.19. The Balaban J connectivity index is 1.55. The van der Waals surface area contributed by atoms with Crippen LogP contribution in [0.2, 0.25) is 5.02 Å². The number of benzene rings is 2. The smallest absolute Gasteiger partial charge is 0.0914 e. The number of fused-ring (bicyclic) bond motifs is 1. The summed E-state index contributed by atoms with van der Waals surface area (Å²) in [7, 11) is 0. The Morgan fingerprint density at radius 2 is 1.96 bits per heavy atom. The number of aliphatic hydroxyl groups is 1. The van der Waals surface area contributed by atoms with E-state index in [0.29, 0.717) is 11.6 Å². The average molecular weight is 327 g/mol. The number of halogens is 1.